The molecule has 2 N–H and O–H groups in total. The highest BCUT2D eigenvalue weighted by Gasteiger charge is 2.02. The first-order chi connectivity index (χ1) is 5.29. The number of aromatic hydroxyl groups is 1. The van der Waals surface area contributed by atoms with E-state index in [-0.39, 0.29) is 5.75 Å². The predicted molar refractivity (Wildman–Crippen MR) is 42.5 cm³/mol. The van der Waals surface area contributed by atoms with E-state index in [0.29, 0.717) is 0 Å². The summed E-state index contributed by atoms with van der Waals surface area (Å²) in [6.07, 6.45) is 3.25. The van der Waals surface area contributed by atoms with E-state index in [1.54, 1.807) is 6.20 Å². The minimum absolute atomic E-state index is 0.229. The Kier molecular flexibility index (Phi) is 1.12. The number of aryl methyl sites for hydroxylation is 1. The summed E-state index contributed by atoms with van der Waals surface area (Å²) >= 11 is 0. The maximum atomic E-state index is 9.30. The Balaban J connectivity index is 2.96. The van der Waals surface area contributed by atoms with Gasteiger partial charge in [-0.05, 0) is 13.0 Å². The van der Waals surface area contributed by atoms with E-state index in [4.69, 9.17) is 0 Å². The molecule has 0 spiro atoms. The minimum Gasteiger partial charge on any atom is -0.506 e. The van der Waals surface area contributed by atoms with Crippen LogP contribution in [-0.2, 0) is 0 Å². The molecule has 0 unspecified atom stereocenters. The molecule has 2 heterocycles. The Labute approximate surface area is 63.7 Å². The summed E-state index contributed by atoms with van der Waals surface area (Å²) in [5.74, 6) is 0.229. The number of aromatic amines is 1. The minimum atomic E-state index is 0.229. The van der Waals surface area contributed by atoms with E-state index in [1.807, 2.05) is 13.0 Å². The highest BCUT2D eigenvalue weighted by Crippen LogP contribution is 2.23. The molecular weight excluding hydrogens is 140 g/mol. The topological polar surface area (TPSA) is 48.9 Å². The van der Waals surface area contributed by atoms with Gasteiger partial charge in [0.25, 0.3) is 0 Å². The number of pyridine rings is 1. The summed E-state index contributed by atoms with van der Waals surface area (Å²) < 4.78 is 0. The van der Waals surface area contributed by atoms with Crippen LogP contribution in [0.15, 0.2) is 18.5 Å². The van der Waals surface area contributed by atoms with Crippen molar-refractivity contribution in [2.75, 3.05) is 0 Å². The molecular formula is C8H8N2O. The molecule has 2 rings (SSSR count). The summed E-state index contributed by atoms with van der Waals surface area (Å²) in [4.78, 5) is 7.00. The monoisotopic (exact) mass is 148 g/mol. The fourth-order valence-electron chi connectivity index (χ4n) is 1.17. The normalized spacial score (nSPS) is 10.6. The van der Waals surface area contributed by atoms with Gasteiger partial charge in [0.2, 0.25) is 0 Å². The molecule has 0 aromatic carbocycles. The van der Waals surface area contributed by atoms with Crippen molar-refractivity contribution in [2.45, 2.75) is 6.92 Å². The van der Waals surface area contributed by atoms with E-state index in [1.165, 1.54) is 6.20 Å². The van der Waals surface area contributed by atoms with Crippen LogP contribution >= 0.6 is 0 Å². The third-order valence-electron chi connectivity index (χ3n) is 1.77. The second-order valence-corrected chi connectivity index (χ2v) is 2.50. The molecule has 2 aromatic rings. The van der Waals surface area contributed by atoms with Gasteiger partial charge in [-0.3, -0.25) is 4.98 Å². The zero-order valence-corrected chi connectivity index (χ0v) is 6.13. The van der Waals surface area contributed by atoms with Crippen molar-refractivity contribution in [2.24, 2.45) is 0 Å². The highest BCUT2D eigenvalue weighted by atomic mass is 16.3. The van der Waals surface area contributed by atoms with Gasteiger partial charge in [0.15, 0.2) is 0 Å². The second-order valence-electron chi connectivity index (χ2n) is 2.50. The standard InChI is InChI=1S/C8H8N2O/c1-5-8-6(2-3-9-8)7(11)4-10-5/h2-4,9,11H,1H3. The van der Waals surface area contributed by atoms with Crippen molar-refractivity contribution in [3.8, 4) is 5.75 Å². The molecule has 0 aliphatic carbocycles. The summed E-state index contributed by atoms with van der Waals surface area (Å²) in [6.45, 7) is 1.90. The van der Waals surface area contributed by atoms with Crippen molar-refractivity contribution >= 4 is 10.9 Å². The van der Waals surface area contributed by atoms with Crippen LogP contribution in [0, 0.1) is 6.92 Å². The lowest BCUT2D eigenvalue weighted by Crippen LogP contribution is -1.81. The Morgan fingerprint density at radius 3 is 3.09 bits per heavy atom. The smallest absolute Gasteiger partial charge is 0.143 e. The third kappa shape index (κ3) is 0.774. The van der Waals surface area contributed by atoms with Crippen LogP contribution < -0.4 is 0 Å². The molecule has 2 aromatic heterocycles. The van der Waals surface area contributed by atoms with Gasteiger partial charge in [0.1, 0.15) is 5.75 Å². The quantitative estimate of drug-likeness (QED) is 0.595. The van der Waals surface area contributed by atoms with Crippen LogP contribution in [0.1, 0.15) is 5.69 Å². The highest BCUT2D eigenvalue weighted by molar-refractivity contribution is 5.86. The maximum absolute atomic E-state index is 9.30. The van der Waals surface area contributed by atoms with Crippen LogP contribution in [-0.4, -0.2) is 15.1 Å². The van der Waals surface area contributed by atoms with Crippen LogP contribution in [0.4, 0.5) is 0 Å². The SMILES string of the molecule is Cc1ncc(O)c2cc[nH]c12. The molecule has 0 amide bonds. The average Bonchev–Trinajstić information content (AvgIpc) is 2.45. The summed E-state index contributed by atoms with van der Waals surface area (Å²) in [6, 6.07) is 1.83. The lowest BCUT2D eigenvalue weighted by molar-refractivity contribution is 0.479. The molecule has 0 bridgehead atoms. The first-order valence-corrected chi connectivity index (χ1v) is 3.40. The van der Waals surface area contributed by atoms with Gasteiger partial charge in [-0.2, -0.15) is 0 Å². The van der Waals surface area contributed by atoms with Crippen LogP contribution in [0.25, 0.3) is 10.9 Å². The van der Waals surface area contributed by atoms with Crippen molar-refractivity contribution in [3.05, 3.63) is 24.2 Å². The number of hydrogen-bond acceptors (Lipinski definition) is 2. The molecule has 11 heavy (non-hydrogen) atoms. The second kappa shape index (κ2) is 1.99. The summed E-state index contributed by atoms with van der Waals surface area (Å²) in [5.41, 5.74) is 1.81. The third-order valence-corrected chi connectivity index (χ3v) is 1.77. The Morgan fingerprint density at radius 2 is 2.36 bits per heavy atom. The molecule has 0 atom stereocenters. The van der Waals surface area contributed by atoms with Gasteiger partial charge in [0, 0.05) is 11.6 Å². The van der Waals surface area contributed by atoms with Crippen molar-refractivity contribution in [1.29, 1.82) is 0 Å². The zero-order chi connectivity index (χ0) is 7.84. The number of rotatable bonds is 0. The molecule has 0 aliphatic rings. The number of nitrogens with one attached hydrogen (secondary N) is 1. The maximum Gasteiger partial charge on any atom is 0.143 e. The molecule has 0 saturated heterocycles. The molecule has 0 radical (unpaired) electrons. The predicted octanol–water partition coefficient (Wildman–Crippen LogP) is 1.58. The van der Waals surface area contributed by atoms with Gasteiger partial charge >= 0.3 is 0 Å². The Hall–Kier alpha value is -1.51. The van der Waals surface area contributed by atoms with Crippen LogP contribution in [0.2, 0.25) is 0 Å². The van der Waals surface area contributed by atoms with Crippen LogP contribution in [0.5, 0.6) is 5.75 Å². The van der Waals surface area contributed by atoms with Crippen molar-refractivity contribution in [3.63, 3.8) is 0 Å². The van der Waals surface area contributed by atoms with E-state index < -0.39 is 0 Å². The van der Waals surface area contributed by atoms with E-state index >= 15 is 0 Å². The Morgan fingerprint density at radius 1 is 1.55 bits per heavy atom. The van der Waals surface area contributed by atoms with Gasteiger partial charge in [-0.15, -0.1) is 0 Å². The Bertz CT molecular complexity index is 356. The summed E-state index contributed by atoms with van der Waals surface area (Å²) in [7, 11) is 0. The number of hydrogen-bond donors (Lipinski definition) is 2. The largest absolute Gasteiger partial charge is 0.506 e. The van der Waals surface area contributed by atoms with Gasteiger partial charge in [-0.25, -0.2) is 0 Å². The van der Waals surface area contributed by atoms with E-state index in [2.05, 4.69) is 9.97 Å². The number of fused-ring (bicyclic) bond motifs is 1. The van der Waals surface area contributed by atoms with Gasteiger partial charge in [-0.1, -0.05) is 0 Å². The fourth-order valence-corrected chi connectivity index (χ4v) is 1.17. The molecule has 56 valence electrons. The molecule has 3 nitrogen and oxygen atoms in total. The van der Waals surface area contributed by atoms with Crippen LogP contribution in [0.3, 0.4) is 0 Å². The molecule has 0 fully saturated rings. The number of nitrogens with zero attached hydrogens (tertiary/aromatic N) is 1. The van der Waals surface area contributed by atoms with Gasteiger partial charge in [0.05, 0.1) is 17.4 Å². The first kappa shape index (κ1) is 6.22. The van der Waals surface area contributed by atoms with E-state index in [9.17, 15) is 5.11 Å². The fraction of sp³-hybridized carbons (Fsp3) is 0.125. The van der Waals surface area contributed by atoms with Crippen molar-refractivity contribution in [1.82, 2.24) is 9.97 Å². The number of H-pyrrole nitrogens is 1. The molecule has 0 aliphatic heterocycles. The first-order valence-electron chi connectivity index (χ1n) is 3.40. The average molecular weight is 148 g/mol. The lowest BCUT2D eigenvalue weighted by Gasteiger charge is -1.96. The zero-order valence-electron chi connectivity index (χ0n) is 6.13. The van der Waals surface area contributed by atoms with Gasteiger partial charge < -0.3 is 10.1 Å². The molecule has 0 saturated carbocycles. The van der Waals surface area contributed by atoms with E-state index in [0.717, 1.165) is 16.6 Å². The number of aromatic nitrogens is 2. The molecule has 3 heteroatoms. The summed E-state index contributed by atoms with van der Waals surface area (Å²) in [5, 5.41) is 10.1. The van der Waals surface area contributed by atoms with Crippen molar-refractivity contribution < 1.29 is 5.11 Å². The lowest BCUT2D eigenvalue weighted by atomic mass is 10.2.